The fourth-order valence-corrected chi connectivity index (χ4v) is 4.10. The Kier molecular flexibility index (Phi) is 5.80. The third kappa shape index (κ3) is 4.40. The van der Waals surface area contributed by atoms with Crippen LogP contribution >= 0.6 is 11.6 Å². The molecule has 11 heteroatoms. The number of anilines is 1. The average molecular weight is 470 g/mol. The van der Waals surface area contributed by atoms with Gasteiger partial charge in [-0.05, 0) is 42.0 Å². The van der Waals surface area contributed by atoms with E-state index in [4.69, 9.17) is 21.5 Å². The van der Waals surface area contributed by atoms with Gasteiger partial charge in [-0.2, -0.15) is 5.26 Å². The van der Waals surface area contributed by atoms with Gasteiger partial charge >= 0.3 is 0 Å². The van der Waals surface area contributed by atoms with Crippen molar-refractivity contribution in [2.45, 2.75) is 17.2 Å². The topological polar surface area (TPSA) is 139 Å². The Morgan fingerprint density at radius 3 is 2.56 bits per heavy atom. The number of nitriles is 1. The Hall–Kier alpha value is -3.52. The van der Waals surface area contributed by atoms with E-state index in [1.807, 2.05) is 12.1 Å². The zero-order valence-corrected chi connectivity index (χ0v) is 18.0. The smallest absolute Gasteiger partial charge is 0.256 e. The molecule has 0 saturated carbocycles. The minimum atomic E-state index is -3.81. The second kappa shape index (κ2) is 8.55. The number of amides is 1. The van der Waals surface area contributed by atoms with Crippen molar-refractivity contribution in [2.75, 3.05) is 11.4 Å². The van der Waals surface area contributed by atoms with E-state index in [-0.39, 0.29) is 34.7 Å². The molecule has 1 aromatic heterocycles. The van der Waals surface area contributed by atoms with Crippen LogP contribution in [0.2, 0.25) is 5.02 Å². The van der Waals surface area contributed by atoms with E-state index < -0.39 is 10.0 Å². The Balaban J connectivity index is 1.57. The molecular weight excluding hydrogens is 454 g/mol. The highest BCUT2D eigenvalue weighted by atomic mass is 35.5. The molecule has 1 amide bonds. The van der Waals surface area contributed by atoms with E-state index in [0.717, 1.165) is 5.56 Å². The van der Waals surface area contributed by atoms with Gasteiger partial charge in [-0.25, -0.2) is 23.5 Å². The van der Waals surface area contributed by atoms with Gasteiger partial charge in [-0.1, -0.05) is 17.7 Å². The van der Waals surface area contributed by atoms with Crippen molar-refractivity contribution >= 4 is 33.2 Å². The summed E-state index contributed by atoms with van der Waals surface area (Å²) in [7, 11) is -3.81. The minimum absolute atomic E-state index is 0.0234. The van der Waals surface area contributed by atoms with E-state index in [2.05, 4.69) is 9.97 Å². The second-order valence-corrected chi connectivity index (χ2v) is 9.03. The van der Waals surface area contributed by atoms with Gasteiger partial charge in [0.2, 0.25) is 21.6 Å². The molecule has 1 atom stereocenters. The number of nitrogens with zero attached hydrogens (tertiary/aromatic N) is 4. The molecule has 0 bridgehead atoms. The molecule has 2 N–H and O–H groups in total. The Bertz CT molecular complexity index is 1340. The number of halogens is 1. The molecule has 1 aliphatic rings. The van der Waals surface area contributed by atoms with Gasteiger partial charge in [-0.3, -0.25) is 4.79 Å². The number of sulfonamides is 1. The van der Waals surface area contributed by atoms with E-state index in [1.54, 1.807) is 29.2 Å². The summed E-state index contributed by atoms with van der Waals surface area (Å²) in [5, 5.41) is 14.6. The number of carbonyl (C=O) groups is 1. The van der Waals surface area contributed by atoms with Gasteiger partial charge in [0.05, 0.1) is 9.92 Å². The van der Waals surface area contributed by atoms with E-state index in [1.165, 1.54) is 24.5 Å². The van der Waals surface area contributed by atoms with Gasteiger partial charge < -0.3 is 9.64 Å². The number of ether oxygens (including phenoxy) is 1. The Labute approximate surface area is 189 Å². The molecule has 1 aliphatic heterocycles. The summed E-state index contributed by atoms with van der Waals surface area (Å²) in [6, 6.07) is 12.9. The fraction of sp³-hybridized carbons (Fsp3) is 0.143. The van der Waals surface area contributed by atoms with E-state index >= 15 is 0 Å². The van der Waals surface area contributed by atoms with Crippen molar-refractivity contribution in [3.05, 3.63) is 71.1 Å². The van der Waals surface area contributed by atoms with Crippen LogP contribution in [0, 0.1) is 11.3 Å². The number of hydrogen-bond acceptors (Lipinski definition) is 7. The molecule has 32 heavy (non-hydrogen) atoms. The predicted octanol–water partition coefficient (Wildman–Crippen LogP) is 2.96. The first-order valence-corrected chi connectivity index (χ1v) is 11.3. The number of rotatable bonds is 5. The van der Waals surface area contributed by atoms with Crippen molar-refractivity contribution in [1.82, 2.24) is 9.97 Å². The van der Waals surface area contributed by atoms with Crippen LogP contribution in [0.25, 0.3) is 0 Å². The normalized spacial score (nSPS) is 16.1. The summed E-state index contributed by atoms with van der Waals surface area (Å²) in [5.74, 6) is 0.0893. The van der Waals surface area contributed by atoms with Crippen molar-refractivity contribution in [3.63, 3.8) is 0 Å². The zero-order valence-electron chi connectivity index (χ0n) is 16.5. The third-order valence-corrected chi connectivity index (χ3v) is 6.25. The molecule has 2 aromatic carbocycles. The number of hydrogen-bond donors (Lipinski definition) is 1. The zero-order chi connectivity index (χ0) is 22.9. The Morgan fingerprint density at radius 1 is 1.16 bits per heavy atom. The molecule has 2 heterocycles. The maximum atomic E-state index is 12.6. The number of primary sulfonamides is 1. The first-order valence-electron chi connectivity index (χ1n) is 9.38. The lowest BCUT2D eigenvalue weighted by molar-refractivity contribution is -0.117. The van der Waals surface area contributed by atoms with Crippen LogP contribution in [-0.4, -0.2) is 30.8 Å². The predicted molar refractivity (Wildman–Crippen MR) is 116 cm³/mol. The highest BCUT2D eigenvalue weighted by Gasteiger charge is 2.32. The van der Waals surface area contributed by atoms with Gasteiger partial charge in [0.1, 0.15) is 11.8 Å². The highest BCUT2D eigenvalue weighted by Crippen LogP contribution is 2.37. The number of carbonyl (C=O) groups excluding carboxylic acids is 1. The SMILES string of the molecule is N#Cc1nccnc1Oc1cc([C@H]2CC(=O)N(c3ccc(S(N)(=O)=O)cc3)C2)ccc1Cl. The van der Waals surface area contributed by atoms with Crippen LogP contribution in [0.15, 0.2) is 59.8 Å². The first-order chi connectivity index (χ1) is 15.3. The van der Waals surface area contributed by atoms with E-state index in [0.29, 0.717) is 23.0 Å². The van der Waals surface area contributed by atoms with Crippen LogP contribution in [0.5, 0.6) is 11.6 Å². The maximum absolute atomic E-state index is 12.6. The summed E-state index contributed by atoms with van der Waals surface area (Å²) in [6.45, 7) is 0.392. The summed E-state index contributed by atoms with van der Waals surface area (Å²) >= 11 is 6.26. The van der Waals surface area contributed by atoms with Crippen molar-refractivity contribution < 1.29 is 17.9 Å². The number of benzene rings is 2. The number of aromatic nitrogens is 2. The molecule has 0 unspecified atom stereocenters. The molecule has 1 fully saturated rings. The molecule has 1 saturated heterocycles. The summed E-state index contributed by atoms with van der Waals surface area (Å²) in [4.78, 5) is 22.1. The molecule has 4 rings (SSSR count). The van der Waals surface area contributed by atoms with Crippen molar-refractivity contribution in [2.24, 2.45) is 5.14 Å². The first kappa shape index (κ1) is 21.7. The Morgan fingerprint density at radius 2 is 1.88 bits per heavy atom. The van der Waals surface area contributed by atoms with Gasteiger partial charge in [0.15, 0.2) is 0 Å². The standard InChI is InChI=1S/C21H16ClN5O4S/c22-17-6-1-13(9-19(17)31-21-18(11-23)25-7-8-26-21)14-10-20(28)27(12-14)15-2-4-16(5-3-15)32(24,29)30/h1-9,14H,10,12H2,(H2,24,29,30)/t14-/m0/s1. The van der Waals surface area contributed by atoms with E-state index in [9.17, 15) is 18.5 Å². The highest BCUT2D eigenvalue weighted by molar-refractivity contribution is 7.89. The largest absolute Gasteiger partial charge is 0.435 e. The average Bonchev–Trinajstić information content (AvgIpc) is 3.16. The quantitative estimate of drug-likeness (QED) is 0.605. The summed E-state index contributed by atoms with van der Waals surface area (Å²) in [5.41, 5.74) is 1.43. The molecule has 0 spiro atoms. The minimum Gasteiger partial charge on any atom is -0.435 e. The maximum Gasteiger partial charge on any atom is 0.256 e. The van der Waals surface area contributed by atoms with Crippen LogP contribution in [0.3, 0.4) is 0 Å². The molecular formula is C21H16ClN5O4S. The lowest BCUT2D eigenvalue weighted by Crippen LogP contribution is -2.24. The monoisotopic (exact) mass is 469 g/mol. The molecule has 3 aromatic rings. The molecule has 9 nitrogen and oxygen atoms in total. The van der Waals surface area contributed by atoms with Gasteiger partial charge in [-0.15, -0.1) is 0 Å². The summed E-state index contributed by atoms with van der Waals surface area (Å²) in [6.07, 6.45) is 3.05. The van der Waals surface area contributed by atoms with Crippen LogP contribution in [-0.2, 0) is 14.8 Å². The van der Waals surface area contributed by atoms with Crippen molar-refractivity contribution in [3.8, 4) is 17.7 Å². The van der Waals surface area contributed by atoms with Gasteiger partial charge in [0.25, 0.3) is 5.88 Å². The van der Waals surface area contributed by atoms with Crippen LogP contribution in [0.1, 0.15) is 23.6 Å². The molecule has 162 valence electrons. The lowest BCUT2D eigenvalue weighted by atomic mass is 9.98. The second-order valence-electron chi connectivity index (χ2n) is 7.06. The third-order valence-electron chi connectivity index (χ3n) is 5.01. The summed E-state index contributed by atoms with van der Waals surface area (Å²) < 4.78 is 28.6. The van der Waals surface area contributed by atoms with Crippen LogP contribution in [0.4, 0.5) is 5.69 Å². The fourth-order valence-electron chi connectivity index (χ4n) is 3.43. The van der Waals surface area contributed by atoms with Gasteiger partial charge in [0, 0.05) is 37.0 Å². The number of nitrogens with two attached hydrogens (primary N) is 1. The van der Waals surface area contributed by atoms with Crippen LogP contribution < -0.4 is 14.8 Å². The molecule has 0 radical (unpaired) electrons. The lowest BCUT2D eigenvalue weighted by Gasteiger charge is -2.18. The molecule has 0 aliphatic carbocycles. The van der Waals surface area contributed by atoms with Crippen molar-refractivity contribution in [1.29, 1.82) is 5.26 Å².